The number of aromatic amines is 1. The predicted molar refractivity (Wildman–Crippen MR) is 112 cm³/mol. The van der Waals surface area contributed by atoms with Crippen LogP contribution in [0.25, 0.3) is 5.70 Å². The molecule has 0 radical (unpaired) electrons. The zero-order chi connectivity index (χ0) is 19.2. The van der Waals surface area contributed by atoms with Gasteiger partial charge >= 0.3 is 0 Å². The molecule has 1 aromatic heterocycles. The van der Waals surface area contributed by atoms with E-state index in [9.17, 15) is 0 Å². The maximum atomic E-state index is 6.34. The standard InChI is InChI=1S/C13H18N4.C6H13N.C2H6/c14-11(9-4-2-1-3-5-9)12-10-6-7-15-13(10)17-8-16-12;1-6(2)4-5(6)7-3;1-2/h6-9,15H,1-5,14H2,(H,16,17);5,7H,4H2,1-3H3;1-2H3/b12-11-;;. The molecule has 2 saturated carbocycles. The monoisotopic (exact) mass is 359 g/mol. The number of hydrogen-bond acceptors (Lipinski definition) is 4. The molecule has 0 spiro atoms. The highest BCUT2D eigenvalue weighted by Gasteiger charge is 2.44. The molecule has 1 atom stereocenters. The Hall–Kier alpha value is -1.75. The summed E-state index contributed by atoms with van der Waals surface area (Å²) in [7, 11) is 2.03. The van der Waals surface area contributed by atoms with Gasteiger partial charge in [-0.2, -0.15) is 0 Å². The van der Waals surface area contributed by atoms with Crippen LogP contribution in [-0.2, 0) is 0 Å². The van der Waals surface area contributed by atoms with Crippen molar-refractivity contribution in [2.75, 3.05) is 7.05 Å². The molecule has 5 heteroatoms. The zero-order valence-electron chi connectivity index (χ0n) is 17.2. The quantitative estimate of drug-likeness (QED) is 0.627. The second kappa shape index (κ2) is 9.26. The molecule has 2 aliphatic carbocycles. The molecule has 146 valence electrons. The van der Waals surface area contributed by atoms with E-state index in [1.54, 1.807) is 6.34 Å². The number of rotatable bonds is 2. The summed E-state index contributed by atoms with van der Waals surface area (Å²) < 4.78 is 0. The number of aliphatic imine (C=N–C) groups is 1. The molecule has 0 amide bonds. The fourth-order valence-electron chi connectivity index (χ4n) is 3.72. The third kappa shape index (κ3) is 4.91. The second-order valence-electron chi connectivity index (χ2n) is 7.84. The van der Waals surface area contributed by atoms with Crippen LogP contribution in [0.2, 0.25) is 0 Å². The molecule has 1 aliphatic heterocycles. The van der Waals surface area contributed by atoms with Gasteiger partial charge in [0, 0.05) is 29.4 Å². The summed E-state index contributed by atoms with van der Waals surface area (Å²) in [5, 5.41) is 6.43. The number of allylic oxidation sites excluding steroid dienone is 1. The Bertz CT molecular complexity index is 620. The second-order valence-corrected chi connectivity index (χ2v) is 7.84. The summed E-state index contributed by atoms with van der Waals surface area (Å²) in [4.78, 5) is 7.37. The number of nitrogens with zero attached hydrogens (tertiary/aromatic N) is 1. The third-order valence-electron chi connectivity index (χ3n) is 5.59. The van der Waals surface area contributed by atoms with Gasteiger partial charge in [-0.1, -0.05) is 47.0 Å². The van der Waals surface area contributed by atoms with Gasteiger partial charge in [0.1, 0.15) is 5.82 Å². The van der Waals surface area contributed by atoms with Gasteiger partial charge in [0.05, 0.1) is 12.0 Å². The first kappa shape index (κ1) is 20.6. The summed E-state index contributed by atoms with van der Waals surface area (Å²) >= 11 is 0. The van der Waals surface area contributed by atoms with Crippen molar-refractivity contribution in [1.29, 1.82) is 0 Å². The SMILES string of the molecule is CC.CNC1CC1(C)C.N/C(=C1\NC=Nc2[nH]ccc21)C1CCCCC1. The van der Waals surface area contributed by atoms with Crippen LogP contribution in [0.3, 0.4) is 0 Å². The van der Waals surface area contributed by atoms with Gasteiger partial charge in [-0.25, -0.2) is 4.99 Å². The largest absolute Gasteiger partial charge is 0.400 e. The van der Waals surface area contributed by atoms with Crippen molar-refractivity contribution in [2.24, 2.45) is 22.1 Å². The van der Waals surface area contributed by atoms with Crippen molar-refractivity contribution < 1.29 is 0 Å². The van der Waals surface area contributed by atoms with Crippen LogP contribution in [0, 0.1) is 11.3 Å². The molecule has 5 N–H and O–H groups in total. The van der Waals surface area contributed by atoms with Crippen molar-refractivity contribution in [2.45, 2.75) is 72.3 Å². The number of nitrogens with one attached hydrogen (secondary N) is 3. The van der Waals surface area contributed by atoms with Crippen LogP contribution in [0.5, 0.6) is 0 Å². The highest BCUT2D eigenvalue weighted by atomic mass is 15.0. The van der Waals surface area contributed by atoms with E-state index in [4.69, 9.17) is 5.73 Å². The Labute approximate surface area is 158 Å². The number of aromatic nitrogens is 1. The Morgan fingerprint density at radius 2 is 1.88 bits per heavy atom. The van der Waals surface area contributed by atoms with Crippen LogP contribution >= 0.6 is 0 Å². The first-order valence-corrected chi connectivity index (χ1v) is 10.2. The molecule has 1 aromatic rings. The highest BCUT2D eigenvalue weighted by molar-refractivity contribution is 5.87. The molecule has 0 saturated heterocycles. The van der Waals surface area contributed by atoms with Crippen LogP contribution in [0.1, 0.15) is 71.8 Å². The van der Waals surface area contributed by atoms with E-state index in [0.717, 1.165) is 28.8 Å². The lowest BCUT2D eigenvalue weighted by molar-refractivity contribution is 0.400. The fourth-order valence-corrected chi connectivity index (χ4v) is 3.72. The molecule has 0 aromatic carbocycles. The van der Waals surface area contributed by atoms with Crippen molar-refractivity contribution in [3.63, 3.8) is 0 Å². The first-order valence-electron chi connectivity index (χ1n) is 10.2. The van der Waals surface area contributed by atoms with Gasteiger partial charge in [0.2, 0.25) is 0 Å². The van der Waals surface area contributed by atoms with Gasteiger partial charge in [-0.05, 0) is 37.8 Å². The van der Waals surface area contributed by atoms with Crippen LogP contribution < -0.4 is 16.4 Å². The summed E-state index contributed by atoms with van der Waals surface area (Å²) in [6, 6.07) is 2.83. The minimum Gasteiger partial charge on any atom is -0.400 e. The first-order chi connectivity index (χ1) is 12.5. The van der Waals surface area contributed by atoms with E-state index in [-0.39, 0.29) is 0 Å². The number of hydrogen-bond donors (Lipinski definition) is 4. The lowest BCUT2D eigenvalue weighted by Gasteiger charge is -2.25. The molecule has 2 heterocycles. The zero-order valence-corrected chi connectivity index (χ0v) is 17.2. The summed E-state index contributed by atoms with van der Waals surface area (Å²) in [5.41, 5.74) is 10.1. The van der Waals surface area contributed by atoms with Crippen molar-refractivity contribution in [3.8, 4) is 0 Å². The normalized spacial score (nSPS) is 24.9. The van der Waals surface area contributed by atoms with Crippen molar-refractivity contribution in [3.05, 3.63) is 23.5 Å². The summed E-state index contributed by atoms with van der Waals surface area (Å²) in [6.45, 7) is 8.57. The fraction of sp³-hybridized carbons (Fsp3) is 0.667. The molecular weight excluding hydrogens is 322 g/mol. The van der Waals surface area contributed by atoms with Gasteiger partial charge < -0.3 is 21.4 Å². The average Bonchev–Trinajstić information content (AvgIpc) is 3.08. The number of fused-ring (bicyclic) bond motifs is 1. The molecule has 3 aliphatic rings. The van der Waals surface area contributed by atoms with Crippen LogP contribution in [0.4, 0.5) is 5.82 Å². The summed E-state index contributed by atoms with van der Waals surface area (Å²) in [6.07, 6.45) is 11.3. The number of H-pyrrole nitrogens is 1. The summed E-state index contributed by atoms with van der Waals surface area (Å²) in [5.74, 6) is 1.43. The maximum absolute atomic E-state index is 6.34. The van der Waals surface area contributed by atoms with Gasteiger partial charge in [0.15, 0.2) is 0 Å². The van der Waals surface area contributed by atoms with Gasteiger partial charge in [0.25, 0.3) is 0 Å². The average molecular weight is 360 g/mol. The van der Waals surface area contributed by atoms with Gasteiger partial charge in [-0.3, -0.25) is 0 Å². The van der Waals surface area contributed by atoms with Crippen molar-refractivity contribution in [1.82, 2.24) is 15.6 Å². The molecule has 5 nitrogen and oxygen atoms in total. The Morgan fingerprint density at radius 3 is 2.42 bits per heavy atom. The van der Waals surface area contributed by atoms with Crippen molar-refractivity contribution >= 4 is 17.9 Å². The topological polar surface area (TPSA) is 78.2 Å². The minimum absolute atomic E-state index is 0.528. The Kier molecular flexibility index (Phi) is 7.33. The van der Waals surface area contributed by atoms with E-state index in [0.29, 0.717) is 11.3 Å². The van der Waals surface area contributed by atoms with Gasteiger partial charge in [-0.15, -0.1) is 0 Å². The molecule has 1 unspecified atom stereocenters. The highest BCUT2D eigenvalue weighted by Crippen LogP contribution is 2.44. The van der Waals surface area contributed by atoms with Crippen LogP contribution in [0.15, 0.2) is 23.0 Å². The van der Waals surface area contributed by atoms with E-state index in [1.807, 2.05) is 33.2 Å². The predicted octanol–water partition coefficient (Wildman–Crippen LogP) is 4.52. The Balaban J connectivity index is 0.000000227. The lowest BCUT2D eigenvalue weighted by atomic mass is 9.85. The Morgan fingerprint density at radius 1 is 1.23 bits per heavy atom. The molecule has 2 fully saturated rings. The minimum atomic E-state index is 0.528. The smallest absolute Gasteiger partial charge is 0.141 e. The molecule has 0 bridgehead atoms. The lowest BCUT2D eigenvalue weighted by Crippen LogP contribution is -2.24. The van der Waals surface area contributed by atoms with E-state index >= 15 is 0 Å². The number of nitrogens with two attached hydrogens (primary N) is 1. The van der Waals surface area contributed by atoms with E-state index < -0.39 is 0 Å². The molecule has 26 heavy (non-hydrogen) atoms. The van der Waals surface area contributed by atoms with Crippen LogP contribution in [-0.4, -0.2) is 24.4 Å². The van der Waals surface area contributed by atoms with E-state index in [1.165, 1.54) is 38.5 Å². The molecular formula is C21H37N5. The van der Waals surface area contributed by atoms with E-state index in [2.05, 4.69) is 34.5 Å². The third-order valence-corrected chi connectivity index (χ3v) is 5.59. The maximum Gasteiger partial charge on any atom is 0.141 e. The molecule has 4 rings (SSSR count).